The molecule has 2 aromatic rings. The highest BCUT2D eigenvalue weighted by atomic mass is 28.3. The van der Waals surface area contributed by atoms with Crippen LogP contribution in [0.2, 0.25) is 19.6 Å². The van der Waals surface area contributed by atoms with Crippen LogP contribution in [-0.2, 0) is 12.7 Å². The van der Waals surface area contributed by atoms with Crippen molar-refractivity contribution in [3.63, 3.8) is 0 Å². The second kappa shape index (κ2) is 4.56. The van der Waals surface area contributed by atoms with Crippen molar-refractivity contribution in [3.05, 3.63) is 42.7 Å². The van der Waals surface area contributed by atoms with E-state index in [1.807, 2.05) is 30.3 Å². The van der Waals surface area contributed by atoms with Crippen LogP contribution in [-0.4, -0.2) is 12.6 Å². The van der Waals surface area contributed by atoms with Gasteiger partial charge in [-0.15, -0.1) is 0 Å². The number of aryl methyl sites for hydroxylation is 1. The van der Waals surface area contributed by atoms with E-state index >= 15 is 0 Å². The van der Waals surface area contributed by atoms with E-state index < -0.39 is 13.7 Å². The molecule has 0 radical (unpaired) electrons. The smallest absolute Gasteiger partial charge is 0.233 e. The number of hydrogen-bond acceptors (Lipinski definition) is 0. The van der Waals surface area contributed by atoms with E-state index in [1.165, 1.54) is 6.20 Å². The molecule has 0 bridgehead atoms. The van der Waals surface area contributed by atoms with Crippen LogP contribution in [0, 0.1) is 0 Å². The van der Waals surface area contributed by atoms with Crippen molar-refractivity contribution in [2.24, 2.45) is 7.05 Å². The lowest BCUT2D eigenvalue weighted by Crippen LogP contribution is -2.48. The number of imidazole rings is 1. The Hall–Kier alpha value is -1.49. The zero-order valence-electron chi connectivity index (χ0n) is 11.7. The molecule has 2 rings (SSSR count). The van der Waals surface area contributed by atoms with Gasteiger partial charge >= 0.3 is 5.67 Å². The fourth-order valence-corrected chi connectivity index (χ4v) is 2.90. The molecule has 0 atom stereocenters. The lowest BCUT2D eigenvalue weighted by molar-refractivity contribution is -0.660. The van der Waals surface area contributed by atoms with Gasteiger partial charge in [0.2, 0.25) is 0 Å². The van der Waals surface area contributed by atoms with Gasteiger partial charge in [0.05, 0.1) is 12.6 Å². The summed E-state index contributed by atoms with van der Waals surface area (Å²) in [6, 6.07) is 9.31. The van der Waals surface area contributed by atoms with Crippen molar-refractivity contribution < 1.29 is 13.3 Å². The van der Waals surface area contributed by atoms with Gasteiger partial charge in [-0.25, -0.2) is 4.57 Å². The lowest BCUT2D eigenvalue weighted by Gasteiger charge is -2.25. The van der Waals surface area contributed by atoms with Crippen LogP contribution in [0.1, 0.15) is 0 Å². The molecule has 0 aliphatic heterocycles. The molecule has 19 heavy (non-hydrogen) atoms. The summed E-state index contributed by atoms with van der Waals surface area (Å²) in [5.41, 5.74) is -2.02. The summed E-state index contributed by atoms with van der Waals surface area (Å²) in [5.74, 6) is 0.535. The lowest BCUT2D eigenvalue weighted by atomic mass is 10.2. The molecule has 1 aromatic heterocycles. The van der Waals surface area contributed by atoms with Crippen LogP contribution in [0.25, 0.3) is 11.4 Å². The molecule has 0 fully saturated rings. The molecule has 0 unspecified atom stereocenters. The fraction of sp³-hybridized carbons (Fsp3) is 0.357. The minimum Gasteiger partial charge on any atom is -0.233 e. The number of rotatable bonds is 3. The van der Waals surface area contributed by atoms with E-state index in [-0.39, 0.29) is 0 Å². The first-order valence-corrected chi connectivity index (χ1v) is 9.76. The Morgan fingerprint density at radius 2 is 1.68 bits per heavy atom. The van der Waals surface area contributed by atoms with Gasteiger partial charge in [-0.3, -0.25) is 0 Å². The first-order chi connectivity index (χ1) is 8.75. The molecule has 0 aliphatic rings. The Morgan fingerprint density at radius 1 is 1.11 bits per heavy atom. The van der Waals surface area contributed by atoms with E-state index in [4.69, 9.17) is 0 Å². The van der Waals surface area contributed by atoms with Gasteiger partial charge in [0, 0.05) is 0 Å². The summed E-state index contributed by atoms with van der Waals surface area (Å²) in [7, 11) is -0.870. The minimum atomic E-state index is -2.82. The van der Waals surface area contributed by atoms with Crippen LogP contribution >= 0.6 is 0 Å². The Morgan fingerprint density at radius 3 is 2.21 bits per heavy atom. The Bertz CT molecular complexity index is 571. The summed E-state index contributed by atoms with van der Waals surface area (Å²) in [5, 5.41) is 0. The fourth-order valence-electron chi connectivity index (χ4n) is 2.00. The van der Waals surface area contributed by atoms with Crippen LogP contribution < -0.4 is 4.57 Å². The molecule has 2 nitrogen and oxygen atoms in total. The summed E-state index contributed by atoms with van der Waals surface area (Å²) < 4.78 is 32.1. The summed E-state index contributed by atoms with van der Waals surface area (Å²) in [6.07, 6.45) is 3.15. The van der Waals surface area contributed by atoms with Gasteiger partial charge in [0.1, 0.15) is 12.4 Å². The zero-order valence-corrected chi connectivity index (χ0v) is 12.7. The van der Waals surface area contributed by atoms with Gasteiger partial charge < -0.3 is 0 Å². The molecule has 1 aromatic carbocycles. The average Bonchev–Trinajstić information content (AvgIpc) is 2.71. The molecule has 0 aliphatic carbocycles. The van der Waals surface area contributed by atoms with Gasteiger partial charge in [-0.1, -0.05) is 37.8 Å². The second-order valence-electron chi connectivity index (χ2n) is 5.76. The third-order valence-corrected chi connectivity index (χ3v) is 5.28. The summed E-state index contributed by atoms with van der Waals surface area (Å²) in [4.78, 5) is 0. The molecule has 0 spiro atoms. The van der Waals surface area contributed by atoms with Crippen molar-refractivity contribution in [1.29, 1.82) is 0 Å². The van der Waals surface area contributed by atoms with Crippen LogP contribution in [0.3, 0.4) is 0 Å². The minimum absolute atomic E-state index is 0.535. The number of benzene rings is 1. The maximum absolute atomic E-state index is 14.6. The Balaban J connectivity index is 2.63. The molecule has 0 saturated heterocycles. The van der Waals surface area contributed by atoms with Crippen molar-refractivity contribution in [2.45, 2.75) is 25.3 Å². The molecule has 0 N–H and O–H groups in total. The highest BCUT2D eigenvalue weighted by Gasteiger charge is 2.52. The molecular formula is C14H19F2N2Si+. The highest BCUT2D eigenvalue weighted by molar-refractivity contribution is 6.77. The standard InChI is InChI=1S/C14H19F2N2Si/c1-17-10-11-18(14(15,16)19(2,3)4)13(17)12-8-6-5-7-9-12/h5-11H,1-4H3/q+1. The van der Waals surface area contributed by atoms with E-state index in [2.05, 4.69) is 0 Å². The van der Waals surface area contributed by atoms with Gasteiger partial charge in [0.25, 0.3) is 5.82 Å². The van der Waals surface area contributed by atoms with Crippen molar-refractivity contribution >= 4 is 8.07 Å². The number of aromatic nitrogens is 2. The van der Waals surface area contributed by atoms with Crippen molar-refractivity contribution in [1.82, 2.24) is 4.57 Å². The number of halogens is 2. The predicted octanol–water partition coefficient (Wildman–Crippen LogP) is 3.41. The largest absolute Gasteiger partial charge is 0.366 e. The molecular weight excluding hydrogens is 262 g/mol. The molecule has 102 valence electrons. The molecule has 0 saturated carbocycles. The van der Waals surface area contributed by atoms with Crippen molar-refractivity contribution in [2.75, 3.05) is 0 Å². The third kappa shape index (κ3) is 2.34. The van der Waals surface area contributed by atoms with E-state index in [0.29, 0.717) is 5.82 Å². The zero-order chi connectivity index (χ0) is 14.3. The van der Waals surface area contributed by atoms with Gasteiger partial charge in [-0.05, 0) is 12.1 Å². The number of hydrogen-bond donors (Lipinski definition) is 0. The topological polar surface area (TPSA) is 8.81 Å². The normalized spacial score (nSPS) is 12.7. The van der Waals surface area contributed by atoms with Crippen LogP contribution in [0.4, 0.5) is 8.78 Å². The monoisotopic (exact) mass is 281 g/mol. The second-order valence-corrected chi connectivity index (χ2v) is 10.9. The van der Waals surface area contributed by atoms with E-state index in [0.717, 1.165) is 10.1 Å². The van der Waals surface area contributed by atoms with E-state index in [1.54, 1.807) is 37.5 Å². The molecule has 5 heteroatoms. The van der Waals surface area contributed by atoms with Gasteiger partial charge in [0.15, 0.2) is 8.07 Å². The van der Waals surface area contributed by atoms with E-state index in [9.17, 15) is 8.78 Å². The maximum Gasteiger partial charge on any atom is 0.366 e. The molecule has 0 amide bonds. The van der Waals surface area contributed by atoms with Crippen molar-refractivity contribution in [3.8, 4) is 11.4 Å². The Labute approximate surface area is 113 Å². The van der Waals surface area contributed by atoms with Crippen LogP contribution in [0.5, 0.6) is 0 Å². The first kappa shape index (κ1) is 13.9. The number of alkyl halides is 2. The summed E-state index contributed by atoms with van der Waals surface area (Å²) >= 11 is 0. The predicted molar refractivity (Wildman–Crippen MR) is 74.6 cm³/mol. The third-order valence-electron chi connectivity index (χ3n) is 3.24. The first-order valence-electron chi connectivity index (χ1n) is 6.26. The SMILES string of the molecule is C[n+]1ccn(C(F)(F)[Si](C)(C)C)c1-c1ccccc1. The Kier molecular flexibility index (Phi) is 3.34. The quantitative estimate of drug-likeness (QED) is 0.602. The number of nitrogens with zero attached hydrogens (tertiary/aromatic N) is 2. The summed E-state index contributed by atoms with van der Waals surface area (Å²) in [6.45, 7) is 5.05. The average molecular weight is 281 g/mol. The van der Waals surface area contributed by atoms with Crippen LogP contribution in [0.15, 0.2) is 42.7 Å². The molecule has 1 heterocycles. The highest BCUT2D eigenvalue weighted by Crippen LogP contribution is 2.35. The van der Waals surface area contributed by atoms with Gasteiger partial charge in [-0.2, -0.15) is 13.3 Å². The maximum atomic E-state index is 14.6.